The zero-order valence-electron chi connectivity index (χ0n) is 11.7. The lowest BCUT2D eigenvalue weighted by molar-refractivity contribution is -0.137. The number of likely N-dealkylation sites (N-methyl/N-ethyl adjacent to an activating group) is 1. The molecule has 19 heavy (non-hydrogen) atoms. The van der Waals surface area contributed by atoms with Gasteiger partial charge in [-0.3, -0.25) is 9.48 Å². The fraction of sp³-hybridized carbons (Fsp3) is 0.714. The minimum Gasteiger partial charge on any atom is -0.335 e. The van der Waals surface area contributed by atoms with Gasteiger partial charge in [0.15, 0.2) is 0 Å². The summed E-state index contributed by atoms with van der Waals surface area (Å²) in [5, 5.41) is 7.33. The van der Waals surface area contributed by atoms with E-state index in [0.29, 0.717) is 12.1 Å². The van der Waals surface area contributed by atoms with Crippen LogP contribution in [0.1, 0.15) is 43.7 Å². The average Bonchev–Trinajstić information content (AvgIpc) is 2.92. The van der Waals surface area contributed by atoms with Crippen molar-refractivity contribution in [2.24, 2.45) is 7.05 Å². The van der Waals surface area contributed by atoms with Gasteiger partial charge in [0.05, 0.1) is 6.20 Å². The minimum absolute atomic E-state index is 0.225. The van der Waals surface area contributed by atoms with Gasteiger partial charge in [-0.25, -0.2) is 0 Å². The first kappa shape index (κ1) is 12.7. The Balaban J connectivity index is 1.82. The molecule has 3 atom stereocenters. The summed E-state index contributed by atoms with van der Waals surface area (Å²) in [5.41, 5.74) is 0.958. The predicted molar refractivity (Wildman–Crippen MR) is 72.5 cm³/mol. The second-order valence-electron chi connectivity index (χ2n) is 5.73. The number of aryl methyl sites for hydroxylation is 1. The van der Waals surface area contributed by atoms with E-state index in [1.54, 1.807) is 10.9 Å². The number of hydrogen-bond donors (Lipinski definition) is 1. The van der Waals surface area contributed by atoms with Crippen LogP contribution >= 0.6 is 0 Å². The molecule has 2 saturated heterocycles. The topological polar surface area (TPSA) is 50.2 Å². The number of fused-ring (bicyclic) bond motifs is 2. The number of piperidine rings is 1. The largest absolute Gasteiger partial charge is 0.335 e. The Kier molecular flexibility index (Phi) is 3.31. The fourth-order valence-electron chi connectivity index (χ4n) is 3.65. The summed E-state index contributed by atoms with van der Waals surface area (Å²) in [6.07, 6.45) is 9.68. The maximum absolute atomic E-state index is 12.8. The lowest BCUT2D eigenvalue weighted by atomic mass is 10.0. The molecule has 0 saturated carbocycles. The Bertz CT molecular complexity index is 454. The van der Waals surface area contributed by atoms with Crippen molar-refractivity contribution in [2.75, 3.05) is 7.05 Å². The molecule has 3 unspecified atom stereocenters. The van der Waals surface area contributed by atoms with Crippen LogP contribution in [0.15, 0.2) is 12.4 Å². The number of aromatic nitrogens is 2. The van der Waals surface area contributed by atoms with Crippen LogP contribution in [0.2, 0.25) is 0 Å². The van der Waals surface area contributed by atoms with Gasteiger partial charge in [-0.15, -0.1) is 0 Å². The van der Waals surface area contributed by atoms with Crippen LogP contribution in [0, 0.1) is 0 Å². The molecule has 104 valence electrons. The molecular weight excluding hydrogens is 240 g/mol. The Morgan fingerprint density at radius 3 is 2.58 bits per heavy atom. The number of rotatable bonds is 3. The highest BCUT2D eigenvalue weighted by Gasteiger charge is 2.41. The summed E-state index contributed by atoms with van der Waals surface area (Å²) in [7, 11) is 3.73. The van der Waals surface area contributed by atoms with E-state index >= 15 is 0 Å². The highest BCUT2D eigenvalue weighted by molar-refractivity contribution is 5.84. The number of nitrogens with zero attached hydrogens (tertiary/aromatic N) is 3. The molecule has 5 heteroatoms. The normalized spacial score (nSPS) is 27.6. The van der Waals surface area contributed by atoms with E-state index in [1.165, 1.54) is 32.1 Å². The van der Waals surface area contributed by atoms with Crippen molar-refractivity contribution in [3.05, 3.63) is 18.0 Å². The van der Waals surface area contributed by atoms with Gasteiger partial charge >= 0.3 is 0 Å². The van der Waals surface area contributed by atoms with Crippen molar-refractivity contribution >= 4 is 5.91 Å². The van der Waals surface area contributed by atoms with E-state index in [4.69, 9.17) is 0 Å². The summed E-state index contributed by atoms with van der Waals surface area (Å²) >= 11 is 0. The summed E-state index contributed by atoms with van der Waals surface area (Å²) in [6, 6.07) is 0.687. The summed E-state index contributed by atoms with van der Waals surface area (Å²) in [5.74, 6) is 0.225. The quantitative estimate of drug-likeness (QED) is 0.891. The van der Waals surface area contributed by atoms with E-state index in [0.717, 1.165) is 5.56 Å². The Labute approximate surface area is 114 Å². The molecule has 5 nitrogen and oxygen atoms in total. The van der Waals surface area contributed by atoms with Gasteiger partial charge in [0.25, 0.3) is 0 Å². The first-order valence-corrected chi connectivity index (χ1v) is 7.18. The van der Waals surface area contributed by atoms with Crippen LogP contribution < -0.4 is 5.32 Å². The number of carbonyl (C=O) groups is 1. The average molecular weight is 262 g/mol. The van der Waals surface area contributed by atoms with Gasteiger partial charge in [-0.05, 0) is 39.2 Å². The molecule has 0 aliphatic carbocycles. The smallest absolute Gasteiger partial charge is 0.244 e. The summed E-state index contributed by atoms with van der Waals surface area (Å²) < 4.78 is 1.75. The lowest BCUT2D eigenvalue weighted by Crippen LogP contribution is -2.48. The highest BCUT2D eigenvalue weighted by Crippen LogP contribution is 2.37. The van der Waals surface area contributed by atoms with Gasteiger partial charge in [-0.1, -0.05) is 0 Å². The fourth-order valence-corrected chi connectivity index (χ4v) is 3.65. The van der Waals surface area contributed by atoms with Crippen LogP contribution in [0.25, 0.3) is 0 Å². The van der Waals surface area contributed by atoms with Crippen molar-refractivity contribution in [3.8, 4) is 0 Å². The second-order valence-corrected chi connectivity index (χ2v) is 5.73. The maximum Gasteiger partial charge on any atom is 0.244 e. The highest BCUT2D eigenvalue weighted by atomic mass is 16.2. The van der Waals surface area contributed by atoms with Crippen molar-refractivity contribution in [1.29, 1.82) is 0 Å². The molecule has 1 amide bonds. The number of hydrogen-bond acceptors (Lipinski definition) is 3. The second kappa shape index (κ2) is 4.96. The van der Waals surface area contributed by atoms with Crippen LogP contribution in [-0.4, -0.2) is 39.7 Å². The van der Waals surface area contributed by atoms with Crippen LogP contribution in [0.3, 0.4) is 0 Å². The Morgan fingerprint density at radius 2 is 2.05 bits per heavy atom. The molecule has 2 aliphatic rings. The predicted octanol–water partition coefficient (Wildman–Crippen LogP) is 1.22. The van der Waals surface area contributed by atoms with Crippen LogP contribution in [-0.2, 0) is 11.8 Å². The lowest BCUT2D eigenvalue weighted by Gasteiger charge is -2.37. The van der Waals surface area contributed by atoms with E-state index in [-0.39, 0.29) is 11.9 Å². The molecule has 2 bridgehead atoms. The van der Waals surface area contributed by atoms with Crippen molar-refractivity contribution < 1.29 is 4.79 Å². The molecule has 3 rings (SSSR count). The van der Waals surface area contributed by atoms with E-state index in [2.05, 4.69) is 15.3 Å². The van der Waals surface area contributed by atoms with Crippen molar-refractivity contribution in [2.45, 2.75) is 50.2 Å². The standard InChI is InChI=1S/C14H22N4O/c1-15-13(10-8-16-17(2)9-10)14(19)18-11-4-3-5-12(18)7-6-11/h8-9,11-13,15H,3-7H2,1-2H3. The number of amides is 1. The van der Waals surface area contributed by atoms with Crippen LogP contribution in [0.4, 0.5) is 0 Å². The van der Waals surface area contributed by atoms with Gasteiger partial charge < -0.3 is 10.2 Å². The third-order valence-corrected chi connectivity index (χ3v) is 4.54. The SMILES string of the molecule is CNC(C(=O)N1C2CCCC1CC2)c1cnn(C)c1. The molecule has 3 heterocycles. The molecular formula is C14H22N4O. The van der Waals surface area contributed by atoms with E-state index in [1.807, 2.05) is 20.3 Å². The molecule has 0 aromatic carbocycles. The number of carbonyl (C=O) groups excluding carboxylic acids is 1. The summed E-state index contributed by atoms with van der Waals surface area (Å²) in [6.45, 7) is 0. The molecule has 0 spiro atoms. The molecule has 0 radical (unpaired) electrons. The number of nitrogens with one attached hydrogen (secondary N) is 1. The third-order valence-electron chi connectivity index (χ3n) is 4.54. The molecule has 2 aliphatic heterocycles. The molecule has 2 fully saturated rings. The third kappa shape index (κ3) is 2.16. The Morgan fingerprint density at radius 1 is 1.37 bits per heavy atom. The van der Waals surface area contributed by atoms with Crippen molar-refractivity contribution in [1.82, 2.24) is 20.0 Å². The van der Waals surface area contributed by atoms with E-state index < -0.39 is 0 Å². The molecule has 1 N–H and O–H groups in total. The summed E-state index contributed by atoms with van der Waals surface area (Å²) in [4.78, 5) is 15.0. The zero-order valence-corrected chi connectivity index (χ0v) is 11.7. The molecule has 1 aromatic rings. The van der Waals surface area contributed by atoms with Crippen molar-refractivity contribution in [3.63, 3.8) is 0 Å². The molecule has 1 aromatic heterocycles. The van der Waals surface area contributed by atoms with Gasteiger partial charge in [0, 0.05) is 30.9 Å². The minimum atomic E-state index is -0.255. The monoisotopic (exact) mass is 262 g/mol. The van der Waals surface area contributed by atoms with E-state index in [9.17, 15) is 4.79 Å². The first-order chi connectivity index (χ1) is 9.20. The Hall–Kier alpha value is -1.36. The maximum atomic E-state index is 12.8. The van der Waals surface area contributed by atoms with Gasteiger partial charge in [-0.2, -0.15) is 5.10 Å². The first-order valence-electron chi connectivity index (χ1n) is 7.18. The van der Waals surface area contributed by atoms with Crippen LogP contribution in [0.5, 0.6) is 0 Å². The van der Waals surface area contributed by atoms with Gasteiger partial charge in [0.1, 0.15) is 6.04 Å². The van der Waals surface area contributed by atoms with Gasteiger partial charge in [0.2, 0.25) is 5.91 Å². The zero-order chi connectivity index (χ0) is 13.4.